The van der Waals surface area contributed by atoms with Gasteiger partial charge in [-0.15, -0.1) is 11.3 Å². The van der Waals surface area contributed by atoms with Crippen molar-refractivity contribution < 1.29 is 18.3 Å². The predicted octanol–water partition coefficient (Wildman–Crippen LogP) is 2.89. The highest BCUT2D eigenvalue weighted by Crippen LogP contribution is 2.32. The Bertz CT molecular complexity index is 793. The number of aromatic carboxylic acids is 1. The minimum absolute atomic E-state index is 0.134. The molecular formula is C14H15NO4S2. The van der Waals surface area contributed by atoms with E-state index in [2.05, 4.69) is 0 Å². The Kier molecular flexibility index (Phi) is 4.06. The predicted molar refractivity (Wildman–Crippen MR) is 82.8 cm³/mol. The van der Waals surface area contributed by atoms with Crippen LogP contribution in [0.15, 0.2) is 34.5 Å². The van der Waals surface area contributed by atoms with E-state index in [1.165, 1.54) is 7.05 Å². The highest BCUT2D eigenvalue weighted by Gasteiger charge is 2.31. The molecule has 0 aliphatic heterocycles. The molecule has 2 aromatic rings. The second-order valence-corrected chi connectivity index (χ2v) is 7.43. The lowest BCUT2D eigenvalue weighted by atomic mass is 10.2. The van der Waals surface area contributed by atoms with Gasteiger partial charge in [0.15, 0.2) is 0 Å². The Hall–Kier alpha value is -1.86. The van der Waals surface area contributed by atoms with Gasteiger partial charge >= 0.3 is 5.97 Å². The van der Waals surface area contributed by atoms with Crippen molar-refractivity contribution in [1.82, 2.24) is 0 Å². The number of hydrogen-bond acceptors (Lipinski definition) is 4. The van der Waals surface area contributed by atoms with Crippen molar-refractivity contribution in [1.29, 1.82) is 0 Å². The summed E-state index contributed by atoms with van der Waals surface area (Å²) in [5.41, 5.74) is 1.77. The van der Waals surface area contributed by atoms with E-state index >= 15 is 0 Å². The number of sulfonamides is 1. The molecule has 0 saturated heterocycles. The highest BCUT2D eigenvalue weighted by atomic mass is 32.2. The first-order chi connectivity index (χ1) is 9.76. The lowest BCUT2D eigenvalue weighted by molar-refractivity contribution is 0.0698. The Morgan fingerprint density at radius 1 is 1.19 bits per heavy atom. The standard InChI is InChI=1S/C14H15NO4S2/c1-9-6-4-5-7-11(9)15(3)21(18,19)13-10(2)8-20-12(13)14(16)17/h4-8H,1-3H3,(H,16,17). The van der Waals surface area contributed by atoms with Gasteiger partial charge in [-0.25, -0.2) is 13.2 Å². The van der Waals surface area contributed by atoms with E-state index in [9.17, 15) is 18.3 Å². The zero-order chi connectivity index (χ0) is 15.8. The summed E-state index contributed by atoms with van der Waals surface area (Å²) < 4.78 is 26.7. The first-order valence-electron chi connectivity index (χ1n) is 6.12. The number of carboxylic acids is 1. The van der Waals surface area contributed by atoms with E-state index in [0.29, 0.717) is 11.3 Å². The molecular weight excluding hydrogens is 310 g/mol. The number of benzene rings is 1. The van der Waals surface area contributed by atoms with Gasteiger partial charge < -0.3 is 5.11 Å². The monoisotopic (exact) mass is 325 g/mol. The number of nitrogens with zero attached hydrogens (tertiary/aromatic N) is 1. The molecule has 0 spiro atoms. The Labute approximate surface area is 127 Å². The lowest BCUT2D eigenvalue weighted by Gasteiger charge is -2.21. The van der Waals surface area contributed by atoms with Crippen molar-refractivity contribution >= 4 is 33.0 Å². The Balaban J connectivity index is 2.61. The van der Waals surface area contributed by atoms with Crippen LogP contribution in [0.1, 0.15) is 20.8 Å². The smallest absolute Gasteiger partial charge is 0.347 e. The number of thiophene rings is 1. The highest BCUT2D eigenvalue weighted by molar-refractivity contribution is 7.93. The SMILES string of the molecule is Cc1ccccc1N(C)S(=O)(=O)c1c(C)csc1C(=O)O. The van der Waals surface area contributed by atoms with Crippen LogP contribution >= 0.6 is 11.3 Å². The molecule has 0 atom stereocenters. The van der Waals surface area contributed by atoms with Crippen LogP contribution in [0.4, 0.5) is 5.69 Å². The molecule has 0 unspecified atom stereocenters. The number of carbonyl (C=O) groups is 1. The summed E-state index contributed by atoms with van der Waals surface area (Å²) >= 11 is 0.923. The second-order valence-electron chi connectivity index (χ2n) is 4.64. The summed E-state index contributed by atoms with van der Waals surface area (Å²) in [6.07, 6.45) is 0. The van der Waals surface area contributed by atoms with Crippen LogP contribution in [-0.4, -0.2) is 26.5 Å². The van der Waals surface area contributed by atoms with Gasteiger partial charge in [0.2, 0.25) is 0 Å². The van der Waals surface area contributed by atoms with Gasteiger partial charge in [-0.3, -0.25) is 4.31 Å². The molecule has 7 heteroatoms. The van der Waals surface area contributed by atoms with E-state index < -0.39 is 16.0 Å². The molecule has 0 saturated carbocycles. The quantitative estimate of drug-likeness (QED) is 0.938. The molecule has 0 aliphatic carbocycles. The summed E-state index contributed by atoms with van der Waals surface area (Å²) in [5, 5.41) is 10.7. The van der Waals surface area contributed by atoms with Crippen LogP contribution in [-0.2, 0) is 10.0 Å². The molecule has 5 nitrogen and oxygen atoms in total. The van der Waals surface area contributed by atoms with Gasteiger partial charge in [0.25, 0.3) is 10.0 Å². The summed E-state index contributed by atoms with van der Waals surface area (Å²) in [5.74, 6) is -1.23. The number of rotatable bonds is 4. The van der Waals surface area contributed by atoms with Gasteiger partial charge in [0, 0.05) is 7.05 Å². The van der Waals surface area contributed by atoms with Gasteiger partial charge in [-0.05, 0) is 36.4 Å². The molecule has 1 heterocycles. The van der Waals surface area contributed by atoms with Gasteiger partial charge in [-0.1, -0.05) is 18.2 Å². The average molecular weight is 325 g/mol. The van der Waals surface area contributed by atoms with Crippen LogP contribution in [0.3, 0.4) is 0 Å². The third-order valence-electron chi connectivity index (χ3n) is 3.19. The van der Waals surface area contributed by atoms with Crippen LogP contribution < -0.4 is 4.31 Å². The van der Waals surface area contributed by atoms with Crippen LogP contribution in [0.25, 0.3) is 0 Å². The molecule has 0 radical (unpaired) electrons. The zero-order valence-corrected chi connectivity index (χ0v) is 13.5. The maximum atomic E-state index is 12.8. The van der Waals surface area contributed by atoms with Gasteiger partial charge in [0.05, 0.1) is 5.69 Å². The van der Waals surface area contributed by atoms with E-state index in [4.69, 9.17) is 0 Å². The van der Waals surface area contributed by atoms with Crippen molar-refractivity contribution in [2.45, 2.75) is 18.7 Å². The lowest BCUT2D eigenvalue weighted by Crippen LogP contribution is -2.28. The van der Waals surface area contributed by atoms with Crippen LogP contribution in [0.5, 0.6) is 0 Å². The molecule has 1 aromatic carbocycles. The van der Waals surface area contributed by atoms with E-state index in [0.717, 1.165) is 21.2 Å². The van der Waals surface area contributed by atoms with Crippen molar-refractivity contribution in [2.24, 2.45) is 0 Å². The maximum absolute atomic E-state index is 12.8. The zero-order valence-electron chi connectivity index (χ0n) is 11.8. The van der Waals surface area contributed by atoms with E-state index in [-0.39, 0.29) is 9.77 Å². The summed E-state index contributed by atoms with van der Waals surface area (Å²) in [4.78, 5) is 10.9. The summed E-state index contributed by atoms with van der Waals surface area (Å²) in [7, 11) is -2.48. The molecule has 0 bridgehead atoms. The van der Waals surface area contributed by atoms with Gasteiger partial charge in [-0.2, -0.15) is 0 Å². The molecule has 1 aromatic heterocycles. The Morgan fingerprint density at radius 3 is 2.38 bits per heavy atom. The molecule has 0 fully saturated rings. The molecule has 0 aliphatic rings. The number of hydrogen-bond donors (Lipinski definition) is 1. The maximum Gasteiger partial charge on any atom is 0.347 e. The number of para-hydroxylation sites is 1. The fraction of sp³-hybridized carbons (Fsp3) is 0.214. The summed E-state index contributed by atoms with van der Waals surface area (Å²) in [6.45, 7) is 3.40. The summed E-state index contributed by atoms with van der Waals surface area (Å²) in [6, 6.07) is 7.06. The first kappa shape index (κ1) is 15.5. The average Bonchev–Trinajstić information content (AvgIpc) is 2.81. The van der Waals surface area contributed by atoms with Crippen LogP contribution in [0, 0.1) is 13.8 Å². The molecule has 0 amide bonds. The topological polar surface area (TPSA) is 74.7 Å². The number of aryl methyl sites for hydroxylation is 2. The van der Waals surface area contributed by atoms with Gasteiger partial charge in [0.1, 0.15) is 9.77 Å². The normalized spacial score (nSPS) is 11.4. The third kappa shape index (κ3) is 2.66. The molecule has 21 heavy (non-hydrogen) atoms. The van der Waals surface area contributed by atoms with Crippen LogP contribution in [0.2, 0.25) is 0 Å². The van der Waals surface area contributed by atoms with Crippen molar-refractivity contribution in [2.75, 3.05) is 11.4 Å². The minimum Gasteiger partial charge on any atom is -0.477 e. The molecule has 1 N–H and O–H groups in total. The second kappa shape index (κ2) is 5.50. The van der Waals surface area contributed by atoms with Crippen molar-refractivity contribution in [3.05, 3.63) is 45.6 Å². The van der Waals surface area contributed by atoms with Crippen molar-refractivity contribution in [3.8, 4) is 0 Å². The number of anilines is 1. The largest absolute Gasteiger partial charge is 0.477 e. The third-order valence-corrected chi connectivity index (χ3v) is 6.36. The van der Waals surface area contributed by atoms with E-state index in [1.54, 1.807) is 37.4 Å². The Morgan fingerprint density at radius 2 is 1.81 bits per heavy atom. The fourth-order valence-electron chi connectivity index (χ4n) is 2.08. The van der Waals surface area contributed by atoms with E-state index in [1.807, 2.05) is 6.07 Å². The minimum atomic E-state index is -3.91. The molecule has 112 valence electrons. The van der Waals surface area contributed by atoms with Crippen molar-refractivity contribution in [3.63, 3.8) is 0 Å². The number of carboxylic acid groups (broad SMARTS) is 1. The first-order valence-corrected chi connectivity index (χ1v) is 8.44. The molecule has 2 rings (SSSR count). The fourth-order valence-corrected chi connectivity index (χ4v) is 4.93.